The molecule has 1 heterocycles. The van der Waals surface area contributed by atoms with E-state index in [4.69, 9.17) is 16.3 Å². The predicted octanol–water partition coefficient (Wildman–Crippen LogP) is 5.02. The van der Waals surface area contributed by atoms with Gasteiger partial charge in [-0.1, -0.05) is 23.7 Å². The van der Waals surface area contributed by atoms with Crippen molar-refractivity contribution in [3.63, 3.8) is 0 Å². The average molecular weight is 430 g/mol. The van der Waals surface area contributed by atoms with Crippen molar-refractivity contribution in [2.45, 2.75) is 6.61 Å². The molecule has 0 unspecified atom stereocenters. The van der Waals surface area contributed by atoms with E-state index in [1.807, 2.05) is 42.1 Å². The molecule has 3 rings (SSSR count). The third kappa shape index (κ3) is 3.93. The maximum absolute atomic E-state index is 5.88. The summed E-state index contributed by atoms with van der Waals surface area (Å²) in [5.41, 5.74) is 2.29. The van der Waals surface area contributed by atoms with Crippen LogP contribution in [-0.2, 0) is 6.61 Å². The van der Waals surface area contributed by atoms with E-state index in [0.717, 1.165) is 37.2 Å². The zero-order valence-electron chi connectivity index (χ0n) is 11.2. The summed E-state index contributed by atoms with van der Waals surface area (Å²) in [6, 6.07) is 14.0. The molecular formula is C16H13ClINOS. The van der Waals surface area contributed by atoms with Crippen molar-refractivity contribution in [2.24, 2.45) is 4.99 Å². The van der Waals surface area contributed by atoms with Crippen molar-refractivity contribution in [2.75, 3.05) is 12.3 Å². The summed E-state index contributed by atoms with van der Waals surface area (Å²) in [4.78, 5) is 4.50. The molecule has 0 spiro atoms. The Morgan fingerprint density at radius 1 is 1.19 bits per heavy atom. The lowest BCUT2D eigenvalue weighted by Crippen LogP contribution is -1.99. The third-order valence-electron chi connectivity index (χ3n) is 3.07. The van der Waals surface area contributed by atoms with E-state index in [2.05, 4.69) is 39.7 Å². The Bertz CT molecular complexity index is 672. The summed E-state index contributed by atoms with van der Waals surface area (Å²) in [5, 5.41) is 1.88. The maximum Gasteiger partial charge on any atom is 0.133 e. The second-order valence-electron chi connectivity index (χ2n) is 4.60. The normalized spacial score (nSPS) is 14.1. The molecule has 0 amide bonds. The molecule has 21 heavy (non-hydrogen) atoms. The van der Waals surface area contributed by atoms with Crippen LogP contribution in [0, 0.1) is 3.57 Å². The van der Waals surface area contributed by atoms with E-state index in [9.17, 15) is 0 Å². The number of hydrogen-bond acceptors (Lipinski definition) is 3. The van der Waals surface area contributed by atoms with Crippen LogP contribution in [0.4, 0.5) is 0 Å². The van der Waals surface area contributed by atoms with Crippen LogP contribution < -0.4 is 4.74 Å². The standard InChI is InChI=1S/C16H13ClINOS/c17-13-4-1-11(2-5-13)10-20-15-6-3-12(9-14(15)18)16-19-7-8-21-16/h1-6,9H,7-8,10H2. The first-order chi connectivity index (χ1) is 10.2. The number of ether oxygens (including phenoxy) is 1. The van der Waals surface area contributed by atoms with Gasteiger partial charge in [-0.25, -0.2) is 0 Å². The molecule has 2 nitrogen and oxygen atoms in total. The first-order valence-corrected chi connectivity index (χ1v) is 9.01. The van der Waals surface area contributed by atoms with E-state index in [1.165, 1.54) is 5.56 Å². The first-order valence-electron chi connectivity index (χ1n) is 6.57. The van der Waals surface area contributed by atoms with Gasteiger partial charge in [-0.15, -0.1) is 11.8 Å². The fourth-order valence-electron chi connectivity index (χ4n) is 2.00. The summed E-state index contributed by atoms with van der Waals surface area (Å²) in [6.07, 6.45) is 0. The van der Waals surface area contributed by atoms with Gasteiger partial charge in [0.2, 0.25) is 0 Å². The highest BCUT2D eigenvalue weighted by atomic mass is 127. The number of rotatable bonds is 4. The van der Waals surface area contributed by atoms with Crippen molar-refractivity contribution in [1.29, 1.82) is 0 Å². The van der Waals surface area contributed by atoms with Gasteiger partial charge in [0.05, 0.1) is 8.61 Å². The van der Waals surface area contributed by atoms with Crippen molar-refractivity contribution in [3.8, 4) is 5.75 Å². The van der Waals surface area contributed by atoms with Crippen molar-refractivity contribution >= 4 is 51.0 Å². The van der Waals surface area contributed by atoms with Crippen LogP contribution in [0.25, 0.3) is 0 Å². The quantitative estimate of drug-likeness (QED) is 0.637. The SMILES string of the molecule is Clc1ccc(COc2ccc(C3=NCCS3)cc2I)cc1. The molecule has 0 bridgehead atoms. The number of hydrogen-bond donors (Lipinski definition) is 0. The minimum atomic E-state index is 0.544. The third-order valence-corrected chi connectivity index (χ3v) is 5.19. The second kappa shape index (κ2) is 7.03. The lowest BCUT2D eigenvalue weighted by molar-refractivity contribution is 0.304. The van der Waals surface area contributed by atoms with E-state index in [0.29, 0.717) is 6.61 Å². The van der Waals surface area contributed by atoms with Crippen LogP contribution in [-0.4, -0.2) is 17.3 Å². The molecule has 2 aromatic rings. The van der Waals surface area contributed by atoms with Gasteiger partial charge in [0, 0.05) is 22.9 Å². The monoisotopic (exact) mass is 429 g/mol. The van der Waals surface area contributed by atoms with Gasteiger partial charge in [-0.05, 0) is 58.5 Å². The van der Waals surface area contributed by atoms with Gasteiger partial charge in [0.25, 0.3) is 0 Å². The molecule has 1 aliphatic heterocycles. The Labute approximate surface area is 147 Å². The fraction of sp³-hybridized carbons (Fsp3) is 0.188. The van der Waals surface area contributed by atoms with Gasteiger partial charge in [-0.2, -0.15) is 0 Å². The Hall–Kier alpha value is -0.720. The van der Waals surface area contributed by atoms with Crippen LogP contribution in [0.5, 0.6) is 5.75 Å². The number of halogens is 2. The summed E-state index contributed by atoms with van der Waals surface area (Å²) >= 11 is 10.0. The van der Waals surface area contributed by atoms with Gasteiger partial charge in [-0.3, -0.25) is 4.99 Å². The molecule has 5 heteroatoms. The van der Waals surface area contributed by atoms with Gasteiger partial charge >= 0.3 is 0 Å². The molecule has 0 radical (unpaired) electrons. The van der Waals surface area contributed by atoms with Gasteiger partial charge in [0.15, 0.2) is 0 Å². The highest BCUT2D eigenvalue weighted by Crippen LogP contribution is 2.27. The minimum absolute atomic E-state index is 0.544. The summed E-state index contributed by atoms with van der Waals surface area (Å²) < 4.78 is 6.99. The maximum atomic E-state index is 5.88. The van der Waals surface area contributed by atoms with Crippen molar-refractivity contribution < 1.29 is 4.74 Å². The molecule has 2 aromatic carbocycles. The van der Waals surface area contributed by atoms with Gasteiger partial charge < -0.3 is 4.74 Å². The number of nitrogens with zero attached hydrogens (tertiary/aromatic N) is 1. The van der Waals surface area contributed by atoms with Crippen molar-refractivity contribution in [1.82, 2.24) is 0 Å². The summed E-state index contributed by atoms with van der Waals surface area (Å²) in [6.45, 7) is 1.47. The Balaban J connectivity index is 1.69. The minimum Gasteiger partial charge on any atom is -0.488 e. The molecule has 0 saturated carbocycles. The molecule has 0 fully saturated rings. The smallest absolute Gasteiger partial charge is 0.133 e. The lowest BCUT2D eigenvalue weighted by Gasteiger charge is -2.10. The van der Waals surface area contributed by atoms with Crippen LogP contribution in [0.3, 0.4) is 0 Å². The molecule has 108 valence electrons. The van der Waals surface area contributed by atoms with E-state index < -0.39 is 0 Å². The highest BCUT2D eigenvalue weighted by Gasteiger charge is 2.11. The van der Waals surface area contributed by atoms with Crippen LogP contribution in [0.2, 0.25) is 5.02 Å². The largest absolute Gasteiger partial charge is 0.488 e. The van der Waals surface area contributed by atoms with Crippen LogP contribution in [0.1, 0.15) is 11.1 Å². The molecule has 0 atom stereocenters. The summed E-state index contributed by atoms with van der Waals surface area (Å²) in [5.74, 6) is 1.98. The molecule has 0 N–H and O–H groups in total. The molecule has 0 aliphatic carbocycles. The first kappa shape index (κ1) is 15.2. The molecule has 0 saturated heterocycles. The predicted molar refractivity (Wildman–Crippen MR) is 98.8 cm³/mol. The zero-order chi connectivity index (χ0) is 14.7. The highest BCUT2D eigenvalue weighted by molar-refractivity contribution is 14.1. The number of benzene rings is 2. The topological polar surface area (TPSA) is 21.6 Å². The van der Waals surface area contributed by atoms with Gasteiger partial charge in [0.1, 0.15) is 12.4 Å². The molecule has 1 aliphatic rings. The van der Waals surface area contributed by atoms with E-state index in [-0.39, 0.29) is 0 Å². The number of thioether (sulfide) groups is 1. The van der Waals surface area contributed by atoms with E-state index in [1.54, 1.807) is 0 Å². The van der Waals surface area contributed by atoms with Crippen LogP contribution in [0.15, 0.2) is 47.5 Å². The number of aliphatic imine (C=N–C) groups is 1. The molecule has 0 aromatic heterocycles. The Morgan fingerprint density at radius 2 is 2.00 bits per heavy atom. The second-order valence-corrected chi connectivity index (χ2v) is 7.28. The Kier molecular flexibility index (Phi) is 5.08. The molecular weight excluding hydrogens is 417 g/mol. The lowest BCUT2D eigenvalue weighted by atomic mass is 10.2. The Morgan fingerprint density at radius 3 is 2.67 bits per heavy atom. The fourth-order valence-corrected chi connectivity index (χ4v) is 3.65. The van der Waals surface area contributed by atoms with Crippen LogP contribution >= 0.6 is 46.0 Å². The summed E-state index contributed by atoms with van der Waals surface area (Å²) in [7, 11) is 0. The van der Waals surface area contributed by atoms with Crippen molar-refractivity contribution in [3.05, 3.63) is 62.2 Å². The zero-order valence-corrected chi connectivity index (χ0v) is 14.9. The van der Waals surface area contributed by atoms with E-state index >= 15 is 0 Å². The average Bonchev–Trinajstić information content (AvgIpc) is 3.02.